The summed E-state index contributed by atoms with van der Waals surface area (Å²) in [6.45, 7) is 2.94. The molecule has 1 aromatic carbocycles. The molecule has 21 heavy (non-hydrogen) atoms. The summed E-state index contributed by atoms with van der Waals surface area (Å²) in [5.74, 6) is -1.34. The molecule has 0 spiro atoms. The van der Waals surface area contributed by atoms with E-state index in [9.17, 15) is 19.2 Å². The number of hydrogen-bond acceptors (Lipinski definition) is 4. The van der Waals surface area contributed by atoms with Gasteiger partial charge in [-0.15, -0.1) is 0 Å². The molecule has 2 N–H and O–H groups in total. The number of aromatic amines is 2. The Kier molecular flexibility index (Phi) is 3.98. The summed E-state index contributed by atoms with van der Waals surface area (Å²) in [5, 5.41) is 0. The van der Waals surface area contributed by atoms with Gasteiger partial charge in [0.15, 0.2) is 11.6 Å². The van der Waals surface area contributed by atoms with Gasteiger partial charge in [0.1, 0.15) is 0 Å². The van der Waals surface area contributed by atoms with Crippen molar-refractivity contribution in [3.8, 4) is 0 Å². The van der Waals surface area contributed by atoms with Gasteiger partial charge in [0, 0.05) is 22.9 Å². The van der Waals surface area contributed by atoms with Crippen molar-refractivity contribution < 1.29 is 9.59 Å². The first-order chi connectivity index (χ1) is 9.91. The number of benzene rings is 1. The summed E-state index contributed by atoms with van der Waals surface area (Å²) < 4.78 is 0. The minimum absolute atomic E-state index is 0.151. The molecule has 1 atom stereocenters. The van der Waals surface area contributed by atoms with Crippen molar-refractivity contribution in [2.45, 2.75) is 19.8 Å². The Morgan fingerprint density at radius 1 is 1.10 bits per heavy atom. The van der Waals surface area contributed by atoms with Crippen LogP contribution in [0.2, 0.25) is 0 Å². The van der Waals surface area contributed by atoms with E-state index < -0.39 is 17.2 Å². The molecule has 1 aromatic heterocycles. The molecule has 1 unspecified atom stereocenters. The number of ketones is 2. The average Bonchev–Trinajstić information content (AvgIpc) is 2.45. The Morgan fingerprint density at radius 2 is 1.71 bits per heavy atom. The van der Waals surface area contributed by atoms with Gasteiger partial charge in [-0.1, -0.05) is 31.2 Å². The van der Waals surface area contributed by atoms with Gasteiger partial charge in [-0.05, 0) is 6.92 Å². The standard InChI is InChI=1S/C15H14N2O4/c1-8(12-7-16-15(21)17-14(12)20)13(19)11-6-4-3-5-10(11)9(2)18/h3-8H,1-2H3,(H2,16,17,20,21). The Balaban J connectivity index is 2.47. The van der Waals surface area contributed by atoms with Crippen LogP contribution in [0.15, 0.2) is 40.1 Å². The molecule has 2 aromatic rings. The van der Waals surface area contributed by atoms with E-state index >= 15 is 0 Å². The first kappa shape index (κ1) is 14.6. The molecule has 0 aliphatic heterocycles. The molecule has 6 nitrogen and oxygen atoms in total. The summed E-state index contributed by atoms with van der Waals surface area (Å²) >= 11 is 0. The molecule has 0 aliphatic rings. The number of carbonyl (C=O) groups excluding carboxylic acids is 2. The average molecular weight is 286 g/mol. The van der Waals surface area contributed by atoms with Crippen molar-refractivity contribution in [1.82, 2.24) is 9.97 Å². The second kappa shape index (κ2) is 5.70. The van der Waals surface area contributed by atoms with E-state index in [0.717, 1.165) is 0 Å². The highest BCUT2D eigenvalue weighted by Crippen LogP contribution is 2.20. The van der Waals surface area contributed by atoms with Crippen LogP contribution < -0.4 is 11.2 Å². The maximum absolute atomic E-state index is 12.5. The van der Waals surface area contributed by atoms with Crippen LogP contribution in [0.1, 0.15) is 46.0 Å². The van der Waals surface area contributed by atoms with Gasteiger partial charge in [0.25, 0.3) is 5.56 Å². The SMILES string of the molecule is CC(=O)c1ccccc1C(=O)C(C)c1c[nH]c(=O)[nH]c1=O. The van der Waals surface area contributed by atoms with E-state index in [1.54, 1.807) is 31.2 Å². The zero-order valence-corrected chi connectivity index (χ0v) is 11.6. The molecule has 0 radical (unpaired) electrons. The third-order valence-corrected chi connectivity index (χ3v) is 3.28. The van der Waals surface area contributed by atoms with E-state index in [0.29, 0.717) is 5.56 Å². The number of rotatable bonds is 4. The van der Waals surface area contributed by atoms with E-state index in [1.165, 1.54) is 13.1 Å². The first-order valence-electron chi connectivity index (χ1n) is 6.38. The highest BCUT2D eigenvalue weighted by Gasteiger charge is 2.23. The topological polar surface area (TPSA) is 99.9 Å². The van der Waals surface area contributed by atoms with Crippen LogP contribution in [0.25, 0.3) is 0 Å². The maximum atomic E-state index is 12.5. The lowest BCUT2D eigenvalue weighted by atomic mass is 9.90. The van der Waals surface area contributed by atoms with Crippen LogP contribution in [0, 0.1) is 0 Å². The molecule has 6 heteroatoms. The lowest BCUT2D eigenvalue weighted by molar-refractivity contribution is 0.0948. The normalized spacial score (nSPS) is 11.9. The van der Waals surface area contributed by atoms with Crippen molar-refractivity contribution in [2.24, 2.45) is 0 Å². The van der Waals surface area contributed by atoms with Gasteiger partial charge >= 0.3 is 5.69 Å². The summed E-state index contributed by atoms with van der Waals surface area (Å²) in [6, 6.07) is 6.45. The minimum atomic E-state index is -0.772. The van der Waals surface area contributed by atoms with Crippen molar-refractivity contribution in [3.63, 3.8) is 0 Å². The van der Waals surface area contributed by atoms with E-state index in [4.69, 9.17) is 0 Å². The highest BCUT2D eigenvalue weighted by atomic mass is 16.2. The number of H-pyrrole nitrogens is 2. The molecule has 0 saturated carbocycles. The van der Waals surface area contributed by atoms with Gasteiger partial charge in [0.2, 0.25) is 0 Å². The molecule has 0 bridgehead atoms. The molecule has 0 amide bonds. The fraction of sp³-hybridized carbons (Fsp3) is 0.200. The minimum Gasteiger partial charge on any atom is -0.314 e. The van der Waals surface area contributed by atoms with Crippen molar-refractivity contribution in [2.75, 3.05) is 0 Å². The van der Waals surface area contributed by atoms with Gasteiger partial charge in [-0.2, -0.15) is 0 Å². The lowest BCUT2D eigenvalue weighted by Crippen LogP contribution is -2.28. The number of nitrogens with one attached hydrogen (secondary N) is 2. The Hall–Kier alpha value is -2.76. The van der Waals surface area contributed by atoms with Crippen LogP contribution in [-0.2, 0) is 0 Å². The fourth-order valence-corrected chi connectivity index (χ4v) is 2.12. The van der Waals surface area contributed by atoms with Gasteiger partial charge in [-0.3, -0.25) is 19.4 Å². The number of hydrogen-bond donors (Lipinski definition) is 2. The predicted molar refractivity (Wildman–Crippen MR) is 76.9 cm³/mol. The van der Waals surface area contributed by atoms with Gasteiger partial charge in [0.05, 0.1) is 5.92 Å². The van der Waals surface area contributed by atoms with Crippen molar-refractivity contribution >= 4 is 11.6 Å². The summed E-state index contributed by atoms with van der Waals surface area (Å²) in [4.78, 5) is 51.2. The summed E-state index contributed by atoms with van der Waals surface area (Å²) in [6.07, 6.45) is 1.22. The third kappa shape index (κ3) is 2.89. The van der Waals surface area contributed by atoms with Crippen LogP contribution >= 0.6 is 0 Å². The largest absolute Gasteiger partial charge is 0.325 e. The molecule has 0 saturated heterocycles. The molecule has 1 heterocycles. The Bertz CT molecular complexity index is 817. The Labute approximate surface area is 119 Å². The van der Waals surface area contributed by atoms with Crippen molar-refractivity contribution in [1.29, 1.82) is 0 Å². The van der Waals surface area contributed by atoms with E-state index in [1.807, 2.05) is 0 Å². The molecular weight excluding hydrogens is 272 g/mol. The highest BCUT2D eigenvalue weighted by molar-refractivity contribution is 6.10. The van der Waals surface area contributed by atoms with Crippen molar-refractivity contribution in [3.05, 3.63) is 68.0 Å². The molecule has 108 valence electrons. The second-order valence-corrected chi connectivity index (χ2v) is 4.71. The fourth-order valence-electron chi connectivity index (χ4n) is 2.12. The molecule has 0 aliphatic carbocycles. The van der Waals surface area contributed by atoms with Crippen LogP contribution in [0.4, 0.5) is 0 Å². The summed E-state index contributed by atoms with van der Waals surface area (Å²) in [7, 11) is 0. The number of Topliss-reactive ketones (excluding diaryl/α,β-unsaturated/α-hetero) is 2. The number of carbonyl (C=O) groups is 2. The van der Waals surface area contributed by atoms with Gasteiger partial charge < -0.3 is 4.98 Å². The molecular formula is C15H14N2O4. The van der Waals surface area contributed by atoms with Crippen LogP contribution in [0.5, 0.6) is 0 Å². The quantitative estimate of drug-likeness (QED) is 0.826. The van der Waals surface area contributed by atoms with Crippen LogP contribution in [-0.4, -0.2) is 21.5 Å². The smallest absolute Gasteiger partial charge is 0.314 e. The van der Waals surface area contributed by atoms with Gasteiger partial charge in [-0.25, -0.2) is 4.79 Å². The predicted octanol–water partition coefficient (Wildman–Crippen LogP) is 1.25. The van der Waals surface area contributed by atoms with Crippen LogP contribution in [0.3, 0.4) is 0 Å². The van der Waals surface area contributed by atoms with E-state index in [-0.39, 0.29) is 22.7 Å². The molecule has 0 fully saturated rings. The van der Waals surface area contributed by atoms with E-state index in [2.05, 4.69) is 9.97 Å². The maximum Gasteiger partial charge on any atom is 0.325 e. The Morgan fingerprint density at radius 3 is 2.29 bits per heavy atom. The first-order valence-corrected chi connectivity index (χ1v) is 6.38. The second-order valence-electron chi connectivity index (χ2n) is 4.71. The third-order valence-electron chi connectivity index (χ3n) is 3.28. The molecule has 2 rings (SSSR count). The zero-order chi connectivity index (χ0) is 15.6. The summed E-state index contributed by atoms with van der Waals surface area (Å²) in [5.41, 5.74) is -0.510. The lowest BCUT2D eigenvalue weighted by Gasteiger charge is -2.12. The zero-order valence-electron chi connectivity index (χ0n) is 11.6. The number of aromatic nitrogens is 2. The monoisotopic (exact) mass is 286 g/mol.